The van der Waals surface area contributed by atoms with Crippen LogP contribution in [0.4, 0.5) is 17.2 Å². The molecule has 0 saturated carbocycles. The van der Waals surface area contributed by atoms with Crippen molar-refractivity contribution in [1.82, 2.24) is 19.4 Å². The van der Waals surface area contributed by atoms with E-state index in [0.29, 0.717) is 41.1 Å². The van der Waals surface area contributed by atoms with E-state index in [4.69, 9.17) is 4.74 Å². The van der Waals surface area contributed by atoms with Crippen LogP contribution >= 0.6 is 0 Å². The molecule has 1 N–H and O–H groups in total. The number of fused-ring (bicyclic) bond motifs is 1. The summed E-state index contributed by atoms with van der Waals surface area (Å²) in [6, 6.07) is 14.8. The van der Waals surface area contributed by atoms with E-state index in [1.807, 2.05) is 50.4 Å². The molecule has 1 fully saturated rings. The van der Waals surface area contributed by atoms with E-state index in [9.17, 15) is 9.59 Å². The molecular weight excluding hydrogens is 518 g/mol. The summed E-state index contributed by atoms with van der Waals surface area (Å²) in [4.78, 5) is 42.3. The fourth-order valence-electron chi connectivity index (χ4n) is 4.95. The molecule has 0 radical (unpaired) electrons. The van der Waals surface area contributed by atoms with Crippen LogP contribution in [0.1, 0.15) is 22.3 Å². The van der Waals surface area contributed by atoms with Crippen molar-refractivity contribution in [3.8, 4) is 5.69 Å². The lowest BCUT2D eigenvalue weighted by molar-refractivity contribution is 0.102. The highest BCUT2D eigenvalue weighted by molar-refractivity contribution is 6.04. The Kier molecular flexibility index (Phi) is 8.61. The Morgan fingerprint density at radius 3 is 2.59 bits per heavy atom. The quantitative estimate of drug-likeness (QED) is 0.335. The van der Waals surface area contributed by atoms with Crippen LogP contribution in [0.25, 0.3) is 16.6 Å². The van der Waals surface area contributed by atoms with E-state index in [2.05, 4.69) is 44.1 Å². The van der Waals surface area contributed by atoms with Crippen molar-refractivity contribution < 1.29 is 9.53 Å². The molecule has 4 aromatic rings. The van der Waals surface area contributed by atoms with E-state index >= 15 is 0 Å². The molecule has 5 rings (SSSR count). The number of rotatable bonds is 9. The van der Waals surface area contributed by atoms with Gasteiger partial charge in [0.05, 0.1) is 29.8 Å². The van der Waals surface area contributed by atoms with Crippen LogP contribution in [-0.4, -0.2) is 85.9 Å². The smallest absolute Gasteiger partial charge is 0.265 e. The second-order valence-corrected chi connectivity index (χ2v) is 10.7. The summed E-state index contributed by atoms with van der Waals surface area (Å²) < 4.78 is 6.97. The molecule has 0 spiro atoms. The maximum Gasteiger partial charge on any atom is 0.265 e. The first-order valence-corrected chi connectivity index (χ1v) is 13.9. The number of hydrogen-bond donors (Lipinski definition) is 1. The first-order chi connectivity index (χ1) is 19.8. The van der Waals surface area contributed by atoms with Gasteiger partial charge in [-0.2, -0.15) is 0 Å². The van der Waals surface area contributed by atoms with Crippen LogP contribution in [-0.2, 0) is 4.74 Å². The van der Waals surface area contributed by atoms with Gasteiger partial charge in [-0.05, 0) is 82.0 Å². The summed E-state index contributed by atoms with van der Waals surface area (Å²) in [5.74, 6) is 0.504. The largest absolute Gasteiger partial charge is 0.378 e. The minimum atomic E-state index is -0.248. The Labute approximate surface area is 240 Å². The molecule has 10 nitrogen and oxygen atoms in total. The molecule has 1 amide bonds. The topological polar surface area (TPSA) is 95.8 Å². The van der Waals surface area contributed by atoms with Crippen molar-refractivity contribution in [2.24, 2.45) is 0 Å². The average Bonchev–Trinajstić information content (AvgIpc) is 2.98. The highest BCUT2D eigenvalue weighted by Gasteiger charge is 2.16. The number of aryl methyl sites for hydroxylation is 1. The molecule has 10 heteroatoms. The molecule has 3 heterocycles. The molecule has 2 aromatic carbocycles. The summed E-state index contributed by atoms with van der Waals surface area (Å²) in [6.07, 6.45) is 4.22. The number of aromatic nitrogens is 3. The van der Waals surface area contributed by atoms with E-state index < -0.39 is 0 Å². The van der Waals surface area contributed by atoms with Crippen molar-refractivity contribution in [2.75, 3.05) is 75.7 Å². The van der Waals surface area contributed by atoms with Crippen LogP contribution < -0.4 is 20.7 Å². The van der Waals surface area contributed by atoms with Crippen LogP contribution in [0.2, 0.25) is 0 Å². The number of morpholine rings is 1. The SMILES string of the molecule is Cc1ccc(NC(=O)c2ccnc(N3CCOCC3)c2)cc1-n1cnc2ccc(N(C)CCCN(C)C)cc2c1=O. The lowest BCUT2D eigenvalue weighted by Gasteiger charge is -2.27. The number of benzene rings is 2. The third-order valence-corrected chi connectivity index (χ3v) is 7.35. The Bertz CT molecular complexity index is 1590. The summed E-state index contributed by atoms with van der Waals surface area (Å²) in [5, 5.41) is 3.52. The Morgan fingerprint density at radius 2 is 1.80 bits per heavy atom. The monoisotopic (exact) mass is 555 g/mol. The average molecular weight is 556 g/mol. The first kappa shape index (κ1) is 28.3. The van der Waals surface area contributed by atoms with Crippen molar-refractivity contribution in [3.05, 3.63) is 82.5 Å². The van der Waals surface area contributed by atoms with Gasteiger partial charge in [-0.25, -0.2) is 9.97 Å². The van der Waals surface area contributed by atoms with Gasteiger partial charge in [0, 0.05) is 49.8 Å². The third kappa shape index (κ3) is 6.55. The minimum Gasteiger partial charge on any atom is -0.378 e. The lowest BCUT2D eigenvalue weighted by atomic mass is 10.1. The molecule has 1 aliphatic rings. The van der Waals surface area contributed by atoms with Crippen molar-refractivity contribution >= 4 is 34.0 Å². The molecule has 0 aliphatic carbocycles. The molecule has 0 bridgehead atoms. The standard InChI is InChI=1S/C31H37N7O3/c1-22-6-7-24(34-30(39)23-10-11-32-29(18-23)37-14-16-41-17-15-37)19-28(22)38-21-33-27-9-8-25(20-26(27)31(38)40)36(4)13-5-12-35(2)3/h6-11,18-21H,5,12-17H2,1-4H3,(H,34,39). The predicted octanol–water partition coefficient (Wildman–Crippen LogP) is 3.57. The lowest BCUT2D eigenvalue weighted by Crippen LogP contribution is -2.36. The third-order valence-electron chi connectivity index (χ3n) is 7.35. The first-order valence-electron chi connectivity index (χ1n) is 13.9. The highest BCUT2D eigenvalue weighted by Crippen LogP contribution is 2.22. The number of nitrogens with one attached hydrogen (secondary N) is 1. The Morgan fingerprint density at radius 1 is 1.00 bits per heavy atom. The second kappa shape index (κ2) is 12.5. The fourth-order valence-corrected chi connectivity index (χ4v) is 4.95. The number of nitrogens with zero attached hydrogens (tertiary/aromatic N) is 6. The zero-order valence-corrected chi connectivity index (χ0v) is 24.1. The molecule has 0 unspecified atom stereocenters. The molecule has 1 saturated heterocycles. The van der Waals surface area contributed by atoms with Gasteiger partial charge in [-0.15, -0.1) is 0 Å². The van der Waals surface area contributed by atoms with E-state index in [-0.39, 0.29) is 11.5 Å². The number of carbonyl (C=O) groups excluding carboxylic acids is 1. The summed E-state index contributed by atoms with van der Waals surface area (Å²) in [6.45, 7) is 6.57. The van der Waals surface area contributed by atoms with Gasteiger partial charge in [-0.3, -0.25) is 14.2 Å². The fraction of sp³-hybridized carbons (Fsp3) is 0.355. The number of carbonyl (C=O) groups is 1. The molecule has 214 valence electrons. The summed E-state index contributed by atoms with van der Waals surface area (Å²) in [7, 11) is 6.16. The van der Waals surface area contributed by atoms with Gasteiger partial charge in [0.25, 0.3) is 11.5 Å². The molecule has 0 atom stereocenters. The van der Waals surface area contributed by atoms with Crippen LogP contribution in [0.15, 0.2) is 65.8 Å². The maximum absolute atomic E-state index is 13.7. The predicted molar refractivity (Wildman–Crippen MR) is 164 cm³/mol. The number of pyridine rings is 1. The van der Waals surface area contributed by atoms with Gasteiger partial charge in [0.2, 0.25) is 0 Å². The summed E-state index contributed by atoms with van der Waals surface area (Å²) in [5.41, 5.74) is 4.11. The van der Waals surface area contributed by atoms with Crippen molar-refractivity contribution in [3.63, 3.8) is 0 Å². The molecular formula is C31H37N7O3. The maximum atomic E-state index is 13.7. The van der Waals surface area contributed by atoms with Crippen LogP contribution in [0, 0.1) is 6.92 Å². The van der Waals surface area contributed by atoms with Gasteiger partial charge in [0.15, 0.2) is 0 Å². The van der Waals surface area contributed by atoms with Crippen molar-refractivity contribution in [1.29, 1.82) is 0 Å². The Hall–Kier alpha value is -4.28. The number of amides is 1. The van der Waals surface area contributed by atoms with E-state index in [1.54, 1.807) is 29.2 Å². The normalized spacial score (nSPS) is 13.5. The number of hydrogen-bond acceptors (Lipinski definition) is 8. The van der Waals surface area contributed by atoms with Crippen molar-refractivity contribution in [2.45, 2.75) is 13.3 Å². The molecule has 41 heavy (non-hydrogen) atoms. The number of anilines is 3. The van der Waals surface area contributed by atoms with E-state index in [1.165, 1.54) is 0 Å². The van der Waals surface area contributed by atoms with Gasteiger partial charge in [0.1, 0.15) is 12.1 Å². The minimum absolute atomic E-state index is 0.158. The van der Waals surface area contributed by atoms with E-state index in [0.717, 1.165) is 49.7 Å². The van der Waals surface area contributed by atoms with Crippen LogP contribution in [0.5, 0.6) is 0 Å². The highest BCUT2D eigenvalue weighted by atomic mass is 16.5. The Balaban J connectivity index is 1.39. The number of ether oxygens (including phenoxy) is 1. The zero-order valence-electron chi connectivity index (χ0n) is 24.1. The van der Waals surface area contributed by atoms with Gasteiger partial charge in [-0.1, -0.05) is 6.07 Å². The van der Waals surface area contributed by atoms with Crippen LogP contribution in [0.3, 0.4) is 0 Å². The van der Waals surface area contributed by atoms with Gasteiger partial charge < -0.3 is 24.8 Å². The molecule has 1 aliphatic heterocycles. The second-order valence-electron chi connectivity index (χ2n) is 10.7. The summed E-state index contributed by atoms with van der Waals surface area (Å²) >= 11 is 0. The molecule has 2 aromatic heterocycles. The zero-order chi connectivity index (χ0) is 28.9. The van der Waals surface area contributed by atoms with Gasteiger partial charge >= 0.3 is 0 Å².